The minimum atomic E-state index is 0.317. The van der Waals surface area contributed by atoms with Crippen LogP contribution in [0, 0.1) is 0 Å². The standard InChI is InChI=1S/C13H19NO2/c1-3-14(4-2)11-6-5-7-12(8-11)15-9-13-10-16-13/h5-8,13H,3-4,9-10H2,1-2H3. The molecule has 2 rings (SSSR count). The molecular formula is C13H19NO2. The molecule has 0 aromatic heterocycles. The molecule has 1 unspecified atom stereocenters. The van der Waals surface area contributed by atoms with Crippen molar-refractivity contribution in [3.05, 3.63) is 24.3 Å². The van der Waals surface area contributed by atoms with Crippen molar-refractivity contribution in [3.8, 4) is 5.75 Å². The van der Waals surface area contributed by atoms with Crippen LogP contribution >= 0.6 is 0 Å². The molecule has 0 radical (unpaired) electrons. The molecule has 0 saturated carbocycles. The lowest BCUT2D eigenvalue weighted by atomic mass is 10.2. The number of hydrogen-bond acceptors (Lipinski definition) is 3. The third-order valence-electron chi connectivity index (χ3n) is 2.78. The molecule has 0 bridgehead atoms. The zero-order valence-electron chi connectivity index (χ0n) is 9.98. The summed E-state index contributed by atoms with van der Waals surface area (Å²) < 4.78 is 10.8. The Hall–Kier alpha value is -1.22. The molecule has 1 heterocycles. The molecule has 1 aliphatic heterocycles. The number of rotatable bonds is 6. The minimum Gasteiger partial charge on any atom is -0.491 e. The summed E-state index contributed by atoms with van der Waals surface area (Å²) >= 11 is 0. The molecule has 1 fully saturated rings. The first-order valence-electron chi connectivity index (χ1n) is 5.93. The molecule has 1 aromatic carbocycles. The summed E-state index contributed by atoms with van der Waals surface area (Å²) in [5.74, 6) is 0.930. The number of ether oxygens (including phenoxy) is 2. The fourth-order valence-electron chi connectivity index (χ4n) is 1.71. The van der Waals surface area contributed by atoms with Gasteiger partial charge in [-0.1, -0.05) is 6.07 Å². The van der Waals surface area contributed by atoms with Gasteiger partial charge in [0.05, 0.1) is 6.61 Å². The van der Waals surface area contributed by atoms with Gasteiger partial charge in [-0.2, -0.15) is 0 Å². The van der Waals surface area contributed by atoms with E-state index in [1.165, 1.54) is 5.69 Å². The van der Waals surface area contributed by atoms with E-state index in [0.29, 0.717) is 12.7 Å². The number of anilines is 1. The van der Waals surface area contributed by atoms with Crippen molar-refractivity contribution in [1.29, 1.82) is 0 Å². The van der Waals surface area contributed by atoms with Crippen molar-refractivity contribution in [2.24, 2.45) is 0 Å². The summed E-state index contributed by atoms with van der Waals surface area (Å²) in [6.45, 7) is 7.87. The van der Waals surface area contributed by atoms with Crippen LogP contribution in [0.15, 0.2) is 24.3 Å². The van der Waals surface area contributed by atoms with Crippen LogP contribution in [-0.4, -0.2) is 32.4 Å². The summed E-state index contributed by atoms with van der Waals surface area (Å²) in [4.78, 5) is 2.31. The zero-order valence-corrected chi connectivity index (χ0v) is 9.98. The summed E-state index contributed by atoms with van der Waals surface area (Å²) in [5.41, 5.74) is 1.22. The monoisotopic (exact) mass is 221 g/mol. The molecule has 1 atom stereocenters. The van der Waals surface area contributed by atoms with Gasteiger partial charge in [0.1, 0.15) is 18.5 Å². The summed E-state index contributed by atoms with van der Waals surface area (Å²) in [6, 6.07) is 8.25. The minimum absolute atomic E-state index is 0.317. The zero-order chi connectivity index (χ0) is 11.4. The molecular weight excluding hydrogens is 202 g/mol. The van der Waals surface area contributed by atoms with E-state index in [0.717, 1.165) is 25.4 Å². The molecule has 0 spiro atoms. The Bertz CT molecular complexity index is 332. The molecule has 88 valence electrons. The van der Waals surface area contributed by atoms with Crippen molar-refractivity contribution < 1.29 is 9.47 Å². The van der Waals surface area contributed by atoms with Crippen LogP contribution < -0.4 is 9.64 Å². The van der Waals surface area contributed by atoms with Crippen LogP contribution in [0.2, 0.25) is 0 Å². The van der Waals surface area contributed by atoms with Gasteiger partial charge in [0.2, 0.25) is 0 Å². The molecule has 0 N–H and O–H groups in total. The number of nitrogens with zero attached hydrogens (tertiary/aromatic N) is 1. The molecule has 1 aliphatic rings. The van der Waals surface area contributed by atoms with Gasteiger partial charge >= 0.3 is 0 Å². The van der Waals surface area contributed by atoms with Crippen molar-refractivity contribution in [3.63, 3.8) is 0 Å². The van der Waals surface area contributed by atoms with E-state index >= 15 is 0 Å². The van der Waals surface area contributed by atoms with E-state index in [4.69, 9.17) is 9.47 Å². The average molecular weight is 221 g/mol. The third kappa shape index (κ3) is 2.89. The molecule has 0 aliphatic carbocycles. The first-order chi connectivity index (χ1) is 7.83. The fourth-order valence-corrected chi connectivity index (χ4v) is 1.71. The Kier molecular flexibility index (Phi) is 3.67. The number of hydrogen-bond donors (Lipinski definition) is 0. The van der Waals surface area contributed by atoms with Crippen LogP contribution in [-0.2, 0) is 4.74 Å². The van der Waals surface area contributed by atoms with E-state index < -0.39 is 0 Å². The van der Waals surface area contributed by atoms with Gasteiger partial charge in [-0.3, -0.25) is 0 Å². The van der Waals surface area contributed by atoms with Gasteiger partial charge < -0.3 is 14.4 Å². The van der Waals surface area contributed by atoms with E-state index in [1.807, 2.05) is 12.1 Å². The summed E-state index contributed by atoms with van der Waals surface area (Å²) in [6.07, 6.45) is 0.317. The first-order valence-corrected chi connectivity index (χ1v) is 5.93. The lowest BCUT2D eigenvalue weighted by Crippen LogP contribution is -2.21. The van der Waals surface area contributed by atoms with Gasteiger partial charge in [-0.25, -0.2) is 0 Å². The maximum absolute atomic E-state index is 5.66. The number of epoxide rings is 1. The predicted molar refractivity (Wildman–Crippen MR) is 65.2 cm³/mol. The van der Waals surface area contributed by atoms with Crippen molar-refractivity contribution in [2.45, 2.75) is 20.0 Å². The van der Waals surface area contributed by atoms with Crippen molar-refractivity contribution in [1.82, 2.24) is 0 Å². The highest BCUT2D eigenvalue weighted by molar-refractivity contribution is 5.50. The molecule has 3 heteroatoms. The van der Waals surface area contributed by atoms with Gasteiger partial charge in [-0.05, 0) is 26.0 Å². The van der Waals surface area contributed by atoms with E-state index in [9.17, 15) is 0 Å². The lowest BCUT2D eigenvalue weighted by molar-refractivity contribution is 0.263. The molecule has 3 nitrogen and oxygen atoms in total. The molecule has 1 aromatic rings. The Balaban J connectivity index is 1.99. The summed E-state index contributed by atoms with van der Waals surface area (Å²) in [5, 5.41) is 0. The third-order valence-corrected chi connectivity index (χ3v) is 2.78. The Morgan fingerprint density at radius 2 is 2.12 bits per heavy atom. The predicted octanol–water partition coefficient (Wildman–Crippen LogP) is 2.31. The van der Waals surface area contributed by atoms with E-state index in [2.05, 4.69) is 30.9 Å². The quantitative estimate of drug-likeness (QED) is 0.689. The Morgan fingerprint density at radius 3 is 2.75 bits per heavy atom. The molecule has 0 amide bonds. The van der Waals surface area contributed by atoms with E-state index in [-0.39, 0.29) is 0 Å². The SMILES string of the molecule is CCN(CC)c1cccc(OCC2CO2)c1. The van der Waals surface area contributed by atoms with Gasteiger partial charge in [0.25, 0.3) is 0 Å². The lowest BCUT2D eigenvalue weighted by Gasteiger charge is -2.21. The highest BCUT2D eigenvalue weighted by atomic mass is 16.6. The van der Waals surface area contributed by atoms with Crippen LogP contribution in [0.5, 0.6) is 5.75 Å². The number of benzene rings is 1. The van der Waals surface area contributed by atoms with Crippen LogP contribution in [0.3, 0.4) is 0 Å². The second kappa shape index (κ2) is 5.21. The van der Waals surface area contributed by atoms with Gasteiger partial charge in [0, 0.05) is 24.8 Å². The Morgan fingerprint density at radius 1 is 1.38 bits per heavy atom. The highest BCUT2D eigenvalue weighted by Gasteiger charge is 2.23. The topological polar surface area (TPSA) is 25.0 Å². The second-order valence-corrected chi connectivity index (χ2v) is 3.94. The van der Waals surface area contributed by atoms with Crippen molar-refractivity contribution >= 4 is 5.69 Å². The second-order valence-electron chi connectivity index (χ2n) is 3.94. The van der Waals surface area contributed by atoms with Gasteiger partial charge in [0.15, 0.2) is 0 Å². The van der Waals surface area contributed by atoms with E-state index in [1.54, 1.807) is 0 Å². The van der Waals surface area contributed by atoms with Gasteiger partial charge in [-0.15, -0.1) is 0 Å². The average Bonchev–Trinajstić information content (AvgIpc) is 3.13. The van der Waals surface area contributed by atoms with Crippen LogP contribution in [0.4, 0.5) is 5.69 Å². The molecule has 16 heavy (non-hydrogen) atoms. The smallest absolute Gasteiger partial charge is 0.121 e. The largest absolute Gasteiger partial charge is 0.491 e. The highest BCUT2D eigenvalue weighted by Crippen LogP contribution is 2.22. The van der Waals surface area contributed by atoms with Crippen LogP contribution in [0.1, 0.15) is 13.8 Å². The summed E-state index contributed by atoms with van der Waals surface area (Å²) in [7, 11) is 0. The fraction of sp³-hybridized carbons (Fsp3) is 0.538. The Labute approximate surface area is 97.0 Å². The van der Waals surface area contributed by atoms with Crippen LogP contribution in [0.25, 0.3) is 0 Å². The maximum atomic E-state index is 5.66. The maximum Gasteiger partial charge on any atom is 0.121 e. The normalized spacial score (nSPS) is 18.2. The molecule has 1 saturated heterocycles. The first kappa shape index (κ1) is 11.3. The van der Waals surface area contributed by atoms with Crippen molar-refractivity contribution in [2.75, 3.05) is 31.2 Å².